The number of benzene rings is 12. The third-order valence-electron chi connectivity index (χ3n) is 16.8. The predicted octanol–water partition coefficient (Wildman–Crippen LogP) is 19.0. The van der Waals surface area contributed by atoms with Gasteiger partial charge in [0.1, 0.15) is 0 Å². The summed E-state index contributed by atoms with van der Waals surface area (Å²) in [7, 11) is 25.1. The van der Waals surface area contributed by atoms with E-state index in [4.69, 9.17) is 0 Å². The van der Waals surface area contributed by atoms with Gasteiger partial charge in [0.05, 0.1) is 0 Å². The molecule has 0 aliphatic heterocycles. The van der Waals surface area contributed by atoms with E-state index >= 15 is 0 Å². The first-order chi connectivity index (χ1) is 45.1. The standard InChI is InChI=1S/3C17H20N2.3C12H8.3W/c1-18(2)14-5-7-16-12(10-14)9-13-11-15(19(3)4)6-8-17(13)16;1-18(2)14-7-5-12-9-13-6-8-15(19(3)4)11-17(13)16(12)10-14;1-18(2)14-7-8-16-13(10-14)9-12-5-6-15(19(3)4)11-17(12)16;3*1-3-7-11(8-4-1)12-9-5-2-6-10-12;;;/h3*5-8,10-11H,9H2,1-4H3;3*1-7,9H;;;/q;;;3*-2;3*+2. The fourth-order valence-electron chi connectivity index (χ4n) is 11.5. The van der Waals surface area contributed by atoms with E-state index in [1.165, 1.54) is 101 Å². The monoisotopic (exact) mass is 1760 g/mol. The van der Waals surface area contributed by atoms with Crippen LogP contribution in [-0.4, -0.2) is 84.6 Å². The molecule has 12 aromatic carbocycles. The molecule has 0 heterocycles. The van der Waals surface area contributed by atoms with E-state index in [0.29, 0.717) is 0 Å². The minimum absolute atomic E-state index is 0. The summed E-state index contributed by atoms with van der Waals surface area (Å²) >= 11 is 0. The molecular formula is C87H84N6W3. The van der Waals surface area contributed by atoms with Crippen molar-refractivity contribution in [2.45, 2.75) is 19.3 Å². The maximum absolute atomic E-state index is 3.15. The molecule has 0 atom stereocenters. The molecule has 0 aromatic heterocycles. The Morgan fingerprint density at radius 2 is 0.385 bits per heavy atom. The molecule has 0 N–H and O–H groups in total. The second-order valence-corrected chi connectivity index (χ2v) is 24.6. The Bertz CT molecular complexity index is 3950. The predicted molar refractivity (Wildman–Crippen MR) is 399 cm³/mol. The van der Waals surface area contributed by atoms with E-state index in [9.17, 15) is 0 Å². The van der Waals surface area contributed by atoms with Crippen LogP contribution in [0.4, 0.5) is 34.1 Å². The normalized spacial score (nSPS) is 10.8. The number of hydrogen-bond donors (Lipinski definition) is 0. The molecule has 6 nitrogen and oxygen atoms in total. The van der Waals surface area contributed by atoms with Crippen LogP contribution < -0.4 is 29.4 Å². The van der Waals surface area contributed by atoms with Crippen LogP contribution >= 0.6 is 0 Å². The quantitative estimate of drug-likeness (QED) is 0.133. The summed E-state index contributed by atoms with van der Waals surface area (Å²) < 4.78 is 0. The number of hydrogen-bond acceptors (Lipinski definition) is 6. The van der Waals surface area contributed by atoms with Crippen molar-refractivity contribution < 1.29 is 63.2 Å². The summed E-state index contributed by atoms with van der Waals surface area (Å²) in [6, 6.07) is 107. The fourth-order valence-corrected chi connectivity index (χ4v) is 11.5. The summed E-state index contributed by atoms with van der Waals surface area (Å²) in [5, 5.41) is 0. The van der Waals surface area contributed by atoms with Crippen LogP contribution in [0.2, 0.25) is 0 Å². The first kappa shape index (κ1) is 74.9. The summed E-state index contributed by atoms with van der Waals surface area (Å²) in [5.74, 6) is 0. The third-order valence-corrected chi connectivity index (χ3v) is 16.8. The Morgan fingerprint density at radius 3 is 0.604 bits per heavy atom. The van der Waals surface area contributed by atoms with Crippen molar-refractivity contribution in [1.29, 1.82) is 0 Å². The first-order valence-corrected chi connectivity index (χ1v) is 31.7. The number of fused-ring (bicyclic) bond motifs is 9. The van der Waals surface area contributed by atoms with Crippen LogP contribution in [-0.2, 0) is 82.5 Å². The Hall–Kier alpha value is -8.50. The van der Waals surface area contributed by atoms with E-state index in [0.717, 1.165) is 52.6 Å². The van der Waals surface area contributed by atoms with Crippen LogP contribution in [0, 0.1) is 36.4 Å². The zero-order chi connectivity index (χ0) is 65.4. The summed E-state index contributed by atoms with van der Waals surface area (Å²) in [5.41, 5.74) is 31.2. The molecule has 480 valence electrons. The zero-order valence-electron chi connectivity index (χ0n) is 57.3. The van der Waals surface area contributed by atoms with Gasteiger partial charge in [-0.1, -0.05) is 36.4 Å². The molecule has 9 heteroatoms. The van der Waals surface area contributed by atoms with Gasteiger partial charge in [-0.25, -0.2) is 33.4 Å². The van der Waals surface area contributed by atoms with Gasteiger partial charge in [0.15, 0.2) is 0 Å². The summed E-state index contributed by atoms with van der Waals surface area (Å²) in [6.07, 6.45) is 3.17. The largest absolute Gasteiger partial charge is 2.00 e. The van der Waals surface area contributed by atoms with Gasteiger partial charge < -0.3 is 29.4 Å². The zero-order valence-corrected chi connectivity index (χ0v) is 66.1. The van der Waals surface area contributed by atoms with Crippen molar-refractivity contribution >= 4 is 34.1 Å². The Labute approximate surface area is 616 Å². The van der Waals surface area contributed by atoms with Gasteiger partial charge in [0.2, 0.25) is 0 Å². The molecule has 0 fully saturated rings. The average molecular weight is 1770 g/mol. The number of nitrogens with zero attached hydrogens (tertiary/aromatic N) is 6. The van der Waals surface area contributed by atoms with Crippen LogP contribution in [0.5, 0.6) is 0 Å². The molecule has 0 saturated heterocycles. The molecule has 0 bridgehead atoms. The first-order valence-electron chi connectivity index (χ1n) is 31.7. The third kappa shape index (κ3) is 19.4. The topological polar surface area (TPSA) is 19.4 Å². The summed E-state index contributed by atoms with van der Waals surface area (Å²) in [6.45, 7) is 0. The van der Waals surface area contributed by atoms with Crippen molar-refractivity contribution in [3.05, 3.63) is 325 Å². The van der Waals surface area contributed by atoms with E-state index < -0.39 is 0 Å². The van der Waals surface area contributed by atoms with Crippen molar-refractivity contribution in [2.24, 2.45) is 0 Å². The average Bonchev–Trinajstić information content (AvgIpc) is 1.64. The van der Waals surface area contributed by atoms with E-state index in [1.54, 1.807) is 0 Å². The molecule has 0 spiro atoms. The van der Waals surface area contributed by atoms with Crippen LogP contribution in [0.1, 0.15) is 33.4 Å². The summed E-state index contributed by atoms with van der Waals surface area (Å²) in [4.78, 5) is 13.0. The molecular weight excluding hydrogens is 1680 g/mol. The molecule has 96 heavy (non-hydrogen) atoms. The van der Waals surface area contributed by atoms with Gasteiger partial charge in [-0.15, -0.1) is 36.4 Å². The van der Waals surface area contributed by atoms with Crippen molar-refractivity contribution in [3.63, 3.8) is 0 Å². The number of anilines is 6. The Balaban J connectivity index is 0.000000164. The second kappa shape index (κ2) is 36.0. The van der Waals surface area contributed by atoms with Gasteiger partial charge in [0.25, 0.3) is 0 Å². The molecule has 0 saturated carbocycles. The van der Waals surface area contributed by atoms with E-state index in [-0.39, 0.29) is 63.2 Å². The molecule has 0 radical (unpaired) electrons. The molecule has 0 unspecified atom stereocenters. The minimum atomic E-state index is 0. The maximum Gasteiger partial charge on any atom is 2.00 e. The van der Waals surface area contributed by atoms with E-state index in [2.05, 4.69) is 260 Å². The van der Waals surface area contributed by atoms with Crippen molar-refractivity contribution in [3.8, 4) is 66.8 Å². The van der Waals surface area contributed by atoms with Crippen LogP contribution in [0.15, 0.2) is 255 Å². The van der Waals surface area contributed by atoms with Crippen molar-refractivity contribution in [1.82, 2.24) is 0 Å². The second-order valence-electron chi connectivity index (χ2n) is 24.6. The van der Waals surface area contributed by atoms with E-state index in [1.807, 2.05) is 146 Å². The molecule has 12 aromatic rings. The van der Waals surface area contributed by atoms with Gasteiger partial charge in [-0.05, 0) is 159 Å². The smallest absolute Gasteiger partial charge is 0.378 e. The minimum Gasteiger partial charge on any atom is -0.378 e. The van der Waals surface area contributed by atoms with Gasteiger partial charge in [-0.3, -0.25) is 0 Å². The Kier molecular flexibility index (Phi) is 28.1. The van der Waals surface area contributed by atoms with Crippen molar-refractivity contribution in [2.75, 3.05) is 114 Å². The number of rotatable bonds is 9. The van der Waals surface area contributed by atoms with Gasteiger partial charge >= 0.3 is 63.2 Å². The van der Waals surface area contributed by atoms with Gasteiger partial charge in [0, 0.05) is 119 Å². The maximum atomic E-state index is 3.15. The molecule has 3 aliphatic rings. The van der Waals surface area contributed by atoms with Crippen LogP contribution in [0.25, 0.3) is 66.8 Å². The Morgan fingerprint density at radius 1 is 0.198 bits per heavy atom. The van der Waals surface area contributed by atoms with Crippen LogP contribution in [0.3, 0.4) is 0 Å². The molecule has 15 rings (SSSR count). The fraction of sp³-hybridized carbons (Fsp3) is 0.172. The molecule has 3 aliphatic carbocycles. The van der Waals surface area contributed by atoms with Gasteiger partial charge in [-0.2, -0.15) is 146 Å². The SMILES string of the molecule is CN(C)c1ccc2c(c1)-c1cc(N(C)C)ccc1C2.CN(C)c1ccc2c(c1)Cc1cc(N(C)C)ccc1-2.CN(C)c1ccc2c(c1)Cc1ccc(N(C)C)cc1-2.[W+2].[W+2].[W+2].[c-]1ccccc1-c1[c-]cccc1.[c-]1ccccc1-c1[c-]cccc1.[c-]1ccccc1-c1[c-]cccc1. The molecule has 0 amide bonds.